The first-order valence-electron chi connectivity index (χ1n) is 5.90. The number of halogens is 2. The number of benzene rings is 1. The van der Waals surface area contributed by atoms with Crippen LogP contribution in [0.25, 0.3) is 0 Å². The summed E-state index contributed by atoms with van der Waals surface area (Å²) in [4.78, 5) is 24.0. The molecule has 0 bridgehead atoms. The van der Waals surface area contributed by atoms with Crippen LogP contribution in [0.4, 0.5) is 0 Å². The molecule has 1 aliphatic heterocycles. The maximum absolute atomic E-state index is 12.3. The van der Waals surface area contributed by atoms with Gasteiger partial charge in [-0.3, -0.25) is 9.59 Å². The van der Waals surface area contributed by atoms with Crippen LogP contribution in [0.2, 0.25) is 10.0 Å². The van der Waals surface area contributed by atoms with Crippen LogP contribution in [0.3, 0.4) is 0 Å². The fourth-order valence-electron chi connectivity index (χ4n) is 2.06. The molecular formula is C12H11Cl2NO5S. The molecule has 0 aromatic heterocycles. The first kappa shape index (κ1) is 16.1. The Bertz CT molecular complexity index is 731. The molecule has 2 rings (SSSR count). The summed E-state index contributed by atoms with van der Waals surface area (Å²) in [5.41, 5.74) is -0.134. The number of rotatable bonds is 2. The van der Waals surface area contributed by atoms with Crippen molar-refractivity contribution in [2.24, 2.45) is 0 Å². The quantitative estimate of drug-likeness (QED) is 0.599. The average Bonchev–Trinajstić information content (AvgIpc) is 2.41. The van der Waals surface area contributed by atoms with Crippen molar-refractivity contribution in [3.63, 3.8) is 0 Å². The van der Waals surface area contributed by atoms with Gasteiger partial charge in [-0.25, -0.2) is 12.7 Å². The number of hydrogen-bond acceptors (Lipinski definition) is 5. The van der Waals surface area contributed by atoms with Crippen LogP contribution in [0.5, 0.6) is 0 Å². The zero-order valence-electron chi connectivity index (χ0n) is 11.1. The van der Waals surface area contributed by atoms with Crippen molar-refractivity contribution in [2.75, 3.05) is 13.7 Å². The number of fused-ring (bicyclic) bond motifs is 1. The molecule has 1 aromatic carbocycles. The molecule has 1 amide bonds. The van der Waals surface area contributed by atoms with Crippen LogP contribution in [0.15, 0.2) is 17.0 Å². The lowest BCUT2D eigenvalue weighted by molar-refractivity contribution is -0.149. The zero-order valence-corrected chi connectivity index (χ0v) is 13.4. The number of carbonyl (C=O) groups is 2. The SMILES string of the molecule is CCOC(=O)C1C(=O)N(C)S(=O)(=O)c2ccc(Cl)c(Cl)c21. The number of nitrogens with zero attached hydrogens (tertiary/aromatic N) is 1. The van der Waals surface area contributed by atoms with Gasteiger partial charge in [-0.05, 0) is 19.1 Å². The lowest BCUT2D eigenvalue weighted by atomic mass is 9.97. The van der Waals surface area contributed by atoms with E-state index in [2.05, 4.69) is 0 Å². The van der Waals surface area contributed by atoms with Gasteiger partial charge < -0.3 is 4.74 Å². The van der Waals surface area contributed by atoms with Gasteiger partial charge in [-0.15, -0.1) is 0 Å². The van der Waals surface area contributed by atoms with Crippen molar-refractivity contribution in [2.45, 2.75) is 17.7 Å². The van der Waals surface area contributed by atoms with E-state index in [0.717, 1.165) is 7.05 Å². The Morgan fingerprint density at radius 2 is 2.00 bits per heavy atom. The molecule has 0 spiro atoms. The van der Waals surface area contributed by atoms with Crippen LogP contribution in [0.1, 0.15) is 18.4 Å². The van der Waals surface area contributed by atoms with Crippen LogP contribution in [-0.4, -0.2) is 38.3 Å². The molecule has 0 saturated carbocycles. The molecule has 0 fully saturated rings. The third-order valence-corrected chi connectivity index (χ3v) is 5.73. The standard InChI is InChI=1S/C12H11Cl2NO5S/c1-3-20-12(17)9-8-7(5-4-6(13)10(8)14)21(18,19)15(2)11(9)16/h4-5,9H,3H2,1-2H3. The van der Waals surface area contributed by atoms with Crippen LogP contribution in [-0.2, 0) is 24.3 Å². The van der Waals surface area contributed by atoms with E-state index < -0.39 is 27.8 Å². The van der Waals surface area contributed by atoms with E-state index in [1.807, 2.05) is 0 Å². The molecule has 1 aliphatic rings. The minimum atomic E-state index is -4.06. The van der Waals surface area contributed by atoms with Crippen molar-refractivity contribution in [1.29, 1.82) is 0 Å². The summed E-state index contributed by atoms with van der Waals surface area (Å²) in [6.45, 7) is 1.62. The summed E-state index contributed by atoms with van der Waals surface area (Å²) < 4.78 is 29.9. The maximum Gasteiger partial charge on any atom is 0.323 e. The topological polar surface area (TPSA) is 80.8 Å². The second-order valence-corrected chi connectivity index (χ2v) is 6.99. The highest BCUT2D eigenvalue weighted by molar-refractivity contribution is 7.89. The van der Waals surface area contributed by atoms with Crippen molar-refractivity contribution < 1.29 is 22.7 Å². The van der Waals surface area contributed by atoms with Gasteiger partial charge in [0.15, 0.2) is 5.92 Å². The van der Waals surface area contributed by atoms with E-state index in [0.29, 0.717) is 4.31 Å². The third kappa shape index (κ3) is 2.39. The van der Waals surface area contributed by atoms with Gasteiger partial charge in [-0.2, -0.15) is 0 Å². The Morgan fingerprint density at radius 3 is 2.57 bits per heavy atom. The van der Waals surface area contributed by atoms with Gasteiger partial charge in [0.2, 0.25) is 0 Å². The Balaban J connectivity index is 2.79. The zero-order chi connectivity index (χ0) is 15.9. The predicted molar refractivity (Wildman–Crippen MR) is 75.8 cm³/mol. The summed E-state index contributed by atoms with van der Waals surface area (Å²) in [5.74, 6) is -3.24. The smallest absolute Gasteiger partial charge is 0.323 e. The highest BCUT2D eigenvalue weighted by Crippen LogP contribution is 2.41. The average molecular weight is 352 g/mol. The lowest BCUT2D eigenvalue weighted by Gasteiger charge is -2.30. The molecule has 9 heteroatoms. The van der Waals surface area contributed by atoms with Gasteiger partial charge >= 0.3 is 5.97 Å². The minimum Gasteiger partial charge on any atom is -0.465 e. The van der Waals surface area contributed by atoms with Crippen molar-refractivity contribution >= 4 is 45.1 Å². The van der Waals surface area contributed by atoms with E-state index in [4.69, 9.17) is 27.9 Å². The summed E-state index contributed by atoms with van der Waals surface area (Å²) in [6.07, 6.45) is 0. The second kappa shape index (κ2) is 5.47. The summed E-state index contributed by atoms with van der Waals surface area (Å²) in [5, 5.41) is -0.0884. The monoisotopic (exact) mass is 351 g/mol. The van der Waals surface area contributed by atoms with Crippen molar-refractivity contribution in [1.82, 2.24) is 4.31 Å². The van der Waals surface area contributed by atoms with Crippen molar-refractivity contribution in [3.8, 4) is 0 Å². The molecule has 1 unspecified atom stereocenters. The molecule has 0 radical (unpaired) electrons. The number of hydrogen-bond donors (Lipinski definition) is 0. The first-order chi connectivity index (χ1) is 9.73. The fourth-order valence-corrected chi connectivity index (χ4v) is 3.93. The Hall–Kier alpha value is -1.31. The Morgan fingerprint density at radius 1 is 1.38 bits per heavy atom. The summed E-state index contributed by atoms with van der Waals surface area (Å²) >= 11 is 11.9. The number of likely N-dealkylation sites (N-methyl/N-ethyl adjacent to an activating group) is 1. The van der Waals surface area contributed by atoms with Gasteiger partial charge in [0, 0.05) is 12.6 Å². The number of carbonyl (C=O) groups excluding carboxylic acids is 2. The van der Waals surface area contributed by atoms with Crippen LogP contribution < -0.4 is 0 Å². The Labute approximate surface area is 131 Å². The van der Waals surface area contributed by atoms with Gasteiger partial charge in [0.1, 0.15) is 0 Å². The van der Waals surface area contributed by atoms with Gasteiger partial charge in [0.05, 0.1) is 21.5 Å². The number of sulfonamides is 1. The molecule has 0 saturated heterocycles. The highest BCUT2D eigenvalue weighted by Gasteiger charge is 2.47. The molecule has 0 N–H and O–H groups in total. The molecule has 1 heterocycles. The maximum atomic E-state index is 12.3. The van der Waals surface area contributed by atoms with Gasteiger partial charge in [-0.1, -0.05) is 23.2 Å². The lowest BCUT2D eigenvalue weighted by Crippen LogP contribution is -2.45. The van der Waals surface area contributed by atoms with E-state index in [1.54, 1.807) is 6.92 Å². The largest absolute Gasteiger partial charge is 0.465 e. The molecule has 6 nitrogen and oxygen atoms in total. The second-order valence-electron chi connectivity index (χ2n) is 4.27. The molecule has 114 valence electrons. The fraction of sp³-hybridized carbons (Fsp3) is 0.333. The van der Waals surface area contributed by atoms with E-state index >= 15 is 0 Å². The molecule has 1 aromatic rings. The van der Waals surface area contributed by atoms with Gasteiger partial charge in [0.25, 0.3) is 15.9 Å². The molecule has 0 aliphatic carbocycles. The minimum absolute atomic E-state index is 0.0482. The van der Waals surface area contributed by atoms with Crippen molar-refractivity contribution in [3.05, 3.63) is 27.7 Å². The van der Waals surface area contributed by atoms with E-state index in [9.17, 15) is 18.0 Å². The number of esters is 1. The van der Waals surface area contributed by atoms with Crippen LogP contribution in [0, 0.1) is 0 Å². The van der Waals surface area contributed by atoms with E-state index in [-0.39, 0.29) is 27.1 Å². The summed E-state index contributed by atoms with van der Waals surface area (Å²) in [6, 6.07) is 2.51. The molecule has 21 heavy (non-hydrogen) atoms. The molecular weight excluding hydrogens is 341 g/mol. The summed E-state index contributed by atoms with van der Waals surface area (Å²) in [7, 11) is -2.98. The van der Waals surface area contributed by atoms with Crippen LogP contribution >= 0.6 is 23.2 Å². The number of ether oxygens (including phenoxy) is 1. The molecule has 1 atom stereocenters. The Kier molecular flexibility index (Phi) is 4.19. The normalized spacial score (nSPS) is 20.1. The third-order valence-electron chi connectivity index (χ3n) is 3.10. The first-order valence-corrected chi connectivity index (χ1v) is 8.10. The van der Waals surface area contributed by atoms with E-state index in [1.165, 1.54) is 12.1 Å². The number of amides is 1. The highest BCUT2D eigenvalue weighted by atomic mass is 35.5. The predicted octanol–water partition coefficient (Wildman–Crippen LogP) is 1.80.